The number of benzene rings is 3. The molecule has 31 heavy (non-hydrogen) atoms. The molecule has 0 fully saturated rings. The lowest BCUT2D eigenvalue weighted by Crippen LogP contribution is -2.24. The van der Waals surface area contributed by atoms with Crippen LogP contribution in [-0.4, -0.2) is 26.9 Å². The van der Waals surface area contributed by atoms with Crippen LogP contribution >= 0.6 is 0 Å². The van der Waals surface area contributed by atoms with Gasteiger partial charge >= 0.3 is 5.97 Å². The molecule has 0 saturated carbocycles. The molecule has 3 aromatic carbocycles. The first-order valence-corrected chi connectivity index (χ1v) is 11.0. The van der Waals surface area contributed by atoms with E-state index in [4.69, 9.17) is 4.74 Å². The molecule has 0 aromatic heterocycles. The molecule has 0 bridgehead atoms. The quantitative estimate of drug-likeness (QED) is 0.526. The minimum atomic E-state index is -3.83. The second-order valence-corrected chi connectivity index (χ2v) is 8.60. The maximum Gasteiger partial charge on any atom is 0.338 e. The molecule has 0 unspecified atom stereocenters. The number of ether oxygens (including phenoxy) is 1. The Kier molecular flexibility index (Phi) is 7.17. The predicted octanol–water partition coefficient (Wildman–Crippen LogP) is 3.27. The van der Waals surface area contributed by atoms with E-state index in [2.05, 4.69) is 10.0 Å². The number of carbonyl (C=O) groups is 2. The average Bonchev–Trinajstić information content (AvgIpc) is 2.77. The summed E-state index contributed by atoms with van der Waals surface area (Å²) < 4.78 is 32.6. The van der Waals surface area contributed by atoms with Crippen molar-refractivity contribution in [1.82, 2.24) is 4.72 Å². The van der Waals surface area contributed by atoms with Crippen molar-refractivity contribution in [3.63, 3.8) is 0 Å². The fourth-order valence-corrected chi connectivity index (χ4v) is 3.85. The van der Waals surface area contributed by atoms with Crippen molar-refractivity contribution < 1.29 is 22.7 Å². The number of nitrogens with one attached hydrogen (secondary N) is 2. The van der Waals surface area contributed by atoms with E-state index in [0.29, 0.717) is 5.69 Å². The summed E-state index contributed by atoms with van der Waals surface area (Å²) in [5.41, 5.74) is 2.42. The van der Waals surface area contributed by atoms with E-state index >= 15 is 0 Å². The predicted molar refractivity (Wildman–Crippen MR) is 117 cm³/mol. The van der Waals surface area contributed by atoms with Gasteiger partial charge in [0.15, 0.2) is 6.61 Å². The Morgan fingerprint density at radius 2 is 1.65 bits per heavy atom. The first-order chi connectivity index (χ1) is 14.8. The smallest absolute Gasteiger partial charge is 0.338 e. The number of esters is 1. The van der Waals surface area contributed by atoms with Crippen molar-refractivity contribution in [3.8, 4) is 0 Å². The summed E-state index contributed by atoms with van der Waals surface area (Å²) in [5.74, 6) is -1.29. The molecule has 160 valence electrons. The number of aryl methyl sites for hydroxylation is 1. The van der Waals surface area contributed by atoms with Gasteiger partial charge in [-0.2, -0.15) is 0 Å². The Hall–Kier alpha value is -3.49. The minimum absolute atomic E-state index is 0.0333. The Morgan fingerprint density at radius 3 is 2.39 bits per heavy atom. The number of sulfonamides is 1. The molecule has 0 heterocycles. The van der Waals surface area contributed by atoms with Crippen molar-refractivity contribution in [3.05, 3.63) is 95.6 Å². The summed E-state index contributed by atoms with van der Waals surface area (Å²) in [6, 6.07) is 21.8. The summed E-state index contributed by atoms with van der Waals surface area (Å²) in [6.07, 6.45) is 0. The lowest BCUT2D eigenvalue weighted by molar-refractivity contribution is -0.119. The van der Waals surface area contributed by atoms with Gasteiger partial charge in [-0.25, -0.2) is 17.9 Å². The molecule has 2 N–H and O–H groups in total. The van der Waals surface area contributed by atoms with Crippen LogP contribution in [-0.2, 0) is 26.1 Å². The number of anilines is 1. The van der Waals surface area contributed by atoms with Gasteiger partial charge in [-0.3, -0.25) is 4.79 Å². The van der Waals surface area contributed by atoms with Gasteiger partial charge < -0.3 is 10.1 Å². The zero-order valence-corrected chi connectivity index (χ0v) is 17.7. The molecule has 7 nitrogen and oxygen atoms in total. The molecule has 0 saturated heterocycles. The fourth-order valence-electron chi connectivity index (χ4n) is 2.78. The van der Waals surface area contributed by atoms with Crippen LogP contribution in [0.15, 0.2) is 83.8 Å². The van der Waals surface area contributed by atoms with E-state index in [1.807, 2.05) is 31.2 Å². The first-order valence-electron chi connectivity index (χ1n) is 9.51. The second kappa shape index (κ2) is 10.0. The minimum Gasteiger partial charge on any atom is -0.452 e. The van der Waals surface area contributed by atoms with Gasteiger partial charge in [0.25, 0.3) is 5.91 Å². The summed E-state index contributed by atoms with van der Waals surface area (Å²) in [7, 11) is -3.83. The normalized spacial score (nSPS) is 11.0. The molecule has 0 atom stereocenters. The van der Waals surface area contributed by atoms with Crippen LogP contribution < -0.4 is 10.0 Å². The summed E-state index contributed by atoms with van der Waals surface area (Å²) in [5, 5.41) is 2.64. The maximum atomic E-state index is 12.5. The standard InChI is InChI=1S/C23H22N2O5S/c1-17-7-5-11-20(13-17)25-22(26)16-30-23(27)19-10-6-12-21(14-19)31(28,29)24-15-18-8-3-2-4-9-18/h2-14,24H,15-16H2,1H3,(H,25,26). The van der Waals surface area contributed by atoms with Gasteiger partial charge in [-0.1, -0.05) is 48.5 Å². The number of rotatable bonds is 8. The van der Waals surface area contributed by atoms with E-state index in [-0.39, 0.29) is 17.0 Å². The van der Waals surface area contributed by atoms with Crippen LogP contribution in [0.3, 0.4) is 0 Å². The number of carbonyl (C=O) groups excluding carboxylic acids is 2. The van der Waals surface area contributed by atoms with E-state index in [1.165, 1.54) is 24.3 Å². The number of hydrogen-bond acceptors (Lipinski definition) is 5. The molecular formula is C23H22N2O5S. The van der Waals surface area contributed by atoms with Crippen LogP contribution in [0.2, 0.25) is 0 Å². The highest BCUT2D eigenvalue weighted by atomic mass is 32.2. The first kappa shape index (κ1) is 22.2. The Morgan fingerprint density at radius 1 is 0.903 bits per heavy atom. The van der Waals surface area contributed by atoms with Crippen molar-refractivity contribution >= 4 is 27.6 Å². The molecule has 0 aliphatic carbocycles. The molecule has 1 amide bonds. The topological polar surface area (TPSA) is 102 Å². The third-order valence-corrected chi connectivity index (χ3v) is 5.72. The van der Waals surface area contributed by atoms with Crippen LogP contribution in [0.25, 0.3) is 0 Å². The fraction of sp³-hybridized carbons (Fsp3) is 0.130. The molecule has 3 rings (SSSR count). The Labute approximate surface area is 181 Å². The van der Waals surface area contributed by atoms with Crippen molar-refractivity contribution in [2.45, 2.75) is 18.4 Å². The van der Waals surface area contributed by atoms with Gasteiger partial charge in [0.05, 0.1) is 10.5 Å². The van der Waals surface area contributed by atoms with E-state index in [9.17, 15) is 18.0 Å². The van der Waals surface area contributed by atoms with E-state index in [1.54, 1.807) is 30.3 Å². The van der Waals surface area contributed by atoms with Gasteiger partial charge in [0.1, 0.15) is 0 Å². The van der Waals surface area contributed by atoms with Gasteiger partial charge in [0.2, 0.25) is 10.0 Å². The molecule has 0 spiro atoms. The third kappa shape index (κ3) is 6.50. The zero-order chi connectivity index (χ0) is 22.3. The largest absolute Gasteiger partial charge is 0.452 e. The zero-order valence-electron chi connectivity index (χ0n) is 16.9. The van der Waals surface area contributed by atoms with Crippen LogP contribution in [0.1, 0.15) is 21.5 Å². The summed E-state index contributed by atoms with van der Waals surface area (Å²) in [6.45, 7) is 1.53. The van der Waals surface area contributed by atoms with Crippen LogP contribution in [0.5, 0.6) is 0 Å². The van der Waals surface area contributed by atoms with Crippen molar-refractivity contribution in [2.75, 3.05) is 11.9 Å². The highest BCUT2D eigenvalue weighted by molar-refractivity contribution is 7.89. The molecular weight excluding hydrogens is 416 g/mol. The lowest BCUT2D eigenvalue weighted by Gasteiger charge is -2.09. The lowest BCUT2D eigenvalue weighted by atomic mass is 10.2. The average molecular weight is 439 g/mol. The summed E-state index contributed by atoms with van der Waals surface area (Å²) in [4.78, 5) is 24.2. The van der Waals surface area contributed by atoms with Gasteiger partial charge in [-0.15, -0.1) is 0 Å². The van der Waals surface area contributed by atoms with E-state index in [0.717, 1.165) is 11.1 Å². The third-order valence-electron chi connectivity index (χ3n) is 4.33. The summed E-state index contributed by atoms with van der Waals surface area (Å²) >= 11 is 0. The Balaban J connectivity index is 1.59. The number of amides is 1. The molecule has 3 aromatic rings. The Bertz CT molecular complexity index is 1180. The molecule has 0 aliphatic rings. The van der Waals surface area contributed by atoms with Crippen LogP contribution in [0.4, 0.5) is 5.69 Å². The molecule has 0 radical (unpaired) electrons. The number of hydrogen-bond donors (Lipinski definition) is 2. The molecule has 0 aliphatic heterocycles. The maximum absolute atomic E-state index is 12.5. The highest BCUT2D eigenvalue weighted by Gasteiger charge is 2.17. The van der Waals surface area contributed by atoms with Gasteiger partial charge in [-0.05, 0) is 48.4 Å². The van der Waals surface area contributed by atoms with E-state index < -0.39 is 28.5 Å². The monoisotopic (exact) mass is 438 g/mol. The SMILES string of the molecule is Cc1cccc(NC(=O)COC(=O)c2cccc(S(=O)(=O)NCc3ccccc3)c2)c1. The molecule has 8 heteroatoms. The van der Waals surface area contributed by atoms with Crippen molar-refractivity contribution in [1.29, 1.82) is 0 Å². The highest BCUT2D eigenvalue weighted by Crippen LogP contribution is 2.14. The van der Waals surface area contributed by atoms with Crippen molar-refractivity contribution in [2.24, 2.45) is 0 Å². The van der Waals surface area contributed by atoms with Crippen LogP contribution in [0, 0.1) is 6.92 Å². The van der Waals surface area contributed by atoms with Gasteiger partial charge in [0, 0.05) is 12.2 Å². The second-order valence-electron chi connectivity index (χ2n) is 6.83.